The molecular weight excluding hydrogens is 545 g/mol. The van der Waals surface area contributed by atoms with Crippen molar-refractivity contribution in [2.75, 3.05) is 44.7 Å². The fourth-order valence-electron chi connectivity index (χ4n) is 6.18. The summed E-state index contributed by atoms with van der Waals surface area (Å²) in [5.74, 6) is -0.0710. The van der Waals surface area contributed by atoms with E-state index in [2.05, 4.69) is 20.5 Å². The predicted molar refractivity (Wildman–Crippen MR) is 152 cm³/mol. The maximum Gasteiger partial charge on any atom is 0.416 e. The summed E-state index contributed by atoms with van der Waals surface area (Å²) in [6.45, 7) is 4.81. The molecule has 2 N–H and O–H groups in total. The second-order valence-electron chi connectivity index (χ2n) is 11.1. The van der Waals surface area contributed by atoms with Crippen LogP contribution in [0.3, 0.4) is 0 Å². The Morgan fingerprint density at radius 2 is 2.05 bits per heavy atom. The standard InChI is InChI=1S/C31H35F3N6O2/c1-3-42-30(25-5-4-13-36-19-25)10-8-24(20-37-30)29(28(41)38-26-9-14-39(2)21-26)11-15-40(16-12-29)27-7-6-23(31(32,33)34)17-22(27)18-35/h4-8,10,13,17,19-20,26,37H,3,9,11-12,14-16,21H2,1-2H3,(H,38,41)/t26-,30?/m1/s1. The first kappa shape index (κ1) is 29.6. The summed E-state index contributed by atoms with van der Waals surface area (Å²) in [5.41, 5.74) is -0.633. The van der Waals surface area contributed by atoms with Crippen LogP contribution in [0.2, 0.25) is 0 Å². The van der Waals surface area contributed by atoms with Gasteiger partial charge in [-0.3, -0.25) is 9.78 Å². The van der Waals surface area contributed by atoms with E-state index in [-0.39, 0.29) is 17.5 Å². The van der Waals surface area contributed by atoms with E-state index in [1.807, 2.05) is 55.4 Å². The second kappa shape index (κ2) is 11.8. The molecule has 0 spiro atoms. The summed E-state index contributed by atoms with van der Waals surface area (Å²) in [7, 11) is 2.03. The molecule has 4 heterocycles. The lowest BCUT2D eigenvalue weighted by molar-refractivity contribution is -0.137. The Morgan fingerprint density at radius 1 is 1.26 bits per heavy atom. The third-order valence-corrected chi connectivity index (χ3v) is 8.52. The molecule has 42 heavy (non-hydrogen) atoms. The van der Waals surface area contributed by atoms with Crippen molar-refractivity contribution in [2.24, 2.45) is 5.41 Å². The molecule has 1 amide bonds. The molecule has 222 valence electrons. The highest BCUT2D eigenvalue weighted by atomic mass is 19.4. The van der Waals surface area contributed by atoms with Crippen LogP contribution in [-0.4, -0.2) is 61.7 Å². The molecule has 2 atom stereocenters. The Bertz CT molecular complexity index is 1400. The van der Waals surface area contributed by atoms with Crippen LogP contribution in [0.4, 0.5) is 18.9 Å². The minimum atomic E-state index is -4.53. The van der Waals surface area contributed by atoms with Crippen molar-refractivity contribution >= 4 is 11.6 Å². The summed E-state index contributed by atoms with van der Waals surface area (Å²) in [6, 6.07) is 8.97. The number of hydrogen-bond acceptors (Lipinski definition) is 7. The molecule has 0 radical (unpaired) electrons. The summed E-state index contributed by atoms with van der Waals surface area (Å²) in [6.07, 6.45) is 6.29. The zero-order valence-electron chi connectivity index (χ0n) is 23.7. The van der Waals surface area contributed by atoms with Gasteiger partial charge in [0.1, 0.15) is 6.07 Å². The number of amides is 1. The number of carbonyl (C=O) groups is 1. The maximum absolute atomic E-state index is 14.1. The largest absolute Gasteiger partial charge is 0.416 e. The van der Waals surface area contributed by atoms with Crippen molar-refractivity contribution in [2.45, 2.75) is 44.1 Å². The van der Waals surface area contributed by atoms with E-state index >= 15 is 0 Å². The average Bonchev–Trinajstić information content (AvgIpc) is 3.41. The molecule has 3 aliphatic rings. The van der Waals surface area contributed by atoms with Crippen LogP contribution in [0.15, 0.2) is 66.7 Å². The van der Waals surface area contributed by atoms with Crippen LogP contribution in [0.5, 0.6) is 0 Å². The monoisotopic (exact) mass is 580 g/mol. The Balaban J connectivity index is 1.43. The molecule has 2 aromatic rings. The van der Waals surface area contributed by atoms with Crippen molar-refractivity contribution < 1.29 is 22.7 Å². The van der Waals surface area contributed by atoms with Crippen molar-refractivity contribution in [1.29, 1.82) is 5.26 Å². The molecule has 11 heteroatoms. The molecule has 0 saturated carbocycles. The fraction of sp³-hybridized carbons (Fsp3) is 0.452. The van der Waals surface area contributed by atoms with Crippen molar-refractivity contribution in [3.8, 4) is 6.07 Å². The molecule has 8 nitrogen and oxygen atoms in total. The van der Waals surface area contributed by atoms with Gasteiger partial charge in [-0.2, -0.15) is 18.4 Å². The molecule has 3 aliphatic heterocycles. The number of piperidine rings is 1. The molecule has 2 saturated heterocycles. The number of allylic oxidation sites excluding steroid dienone is 1. The molecule has 2 fully saturated rings. The number of benzene rings is 1. The lowest BCUT2D eigenvalue weighted by Crippen LogP contribution is -2.53. The topological polar surface area (TPSA) is 93.5 Å². The number of hydrogen-bond donors (Lipinski definition) is 2. The van der Waals surface area contributed by atoms with Gasteiger partial charge in [0.25, 0.3) is 0 Å². The van der Waals surface area contributed by atoms with Gasteiger partial charge < -0.3 is 25.2 Å². The predicted octanol–water partition coefficient (Wildman–Crippen LogP) is 4.31. The number of anilines is 1. The van der Waals surface area contributed by atoms with Crippen LogP contribution in [0.1, 0.15) is 42.9 Å². The summed E-state index contributed by atoms with van der Waals surface area (Å²) in [4.78, 5) is 22.4. The van der Waals surface area contributed by atoms with Crippen LogP contribution in [0, 0.1) is 16.7 Å². The van der Waals surface area contributed by atoms with Gasteiger partial charge >= 0.3 is 6.18 Å². The number of dihydropyridines is 1. The van der Waals surface area contributed by atoms with Crippen LogP contribution >= 0.6 is 0 Å². The van der Waals surface area contributed by atoms with Gasteiger partial charge in [0, 0.05) is 56.4 Å². The summed E-state index contributed by atoms with van der Waals surface area (Å²) >= 11 is 0. The van der Waals surface area contributed by atoms with Gasteiger partial charge in [-0.25, -0.2) is 0 Å². The molecule has 1 unspecified atom stereocenters. The second-order valence-corrected chi connectivity index (χ2v) is 11.1. The quantitative estimate of drug-likeness (QED) is 0.504. The van der Waals surface area contributed by atoms with Crippen molar-refractivity contribution in [3.63, 3.8) is 0 Å². The smallest absolute Gasteiger partial charge is 0.370 e. The number of alkyl halides is 3. The first-order valence-electron chi connectivity index (χ1n) is 14.2. The van der Waals surface area contributed by atoms with Gasteiger partial charge in [-0.05, 0) is 75.7 Å². The lowest BCUT2D eigenvalue weighted by Gasteiger charge is -2.44. The maximum atomic E-state index is 14.1. The number of nitrogens with zero attached hydrogens (tertiary/aromatic N) is 4. The van der Waals surface area contributed by atoms with Crippen molar-refractivity contribution in [3.05, 3.63) is 83.3 Å². The molecule has 5 rings (SSSR count). The van der Waals surface area contributed by atoms with E-state index in [1.165, 1.54) is 6.07 Å². The van der Waals surface area contributed by atoms with E-state index in [0.717, 1.165) is 42.8 Å². The van der Waals surface area contributed by atoms with Gasteiger partial charge in [0.05, 0.1) is 22.2 Å². The number of aromatic nitrogens is 1. The first-order chi connectivity index (χ1) is 20.1. The number of halogens is 3. The fourth-order valence-corrected chi connectivity index (χ4v) is 6.18. The number of pyridine rings is 1. The minimum absolute atomic E-state index is 0.0350. The first-order valence-corrected chi connectivity index (χ1v) is 14.2. The minimum Gasteiger partial charge on any atom is -0.370 e. The Hall–Kier alpha value is -3.88. The molecular formula is C31H35F3N6O2. The zero-order valence-corrected chi connectivity index (χ0v) is 23.7. The molecule has 0 aliphatic carbocycles. The zero-order chi connectivity index (χ0) is 30.0. The van der Waals surface area contributed by atoms with E-state index in [4.69, 9.17) is 4.74 Å². The normalized spacial score (nSPS) is 24.0. The van der Waals surface area contributed by atoms with E-state index in [0.29, 0.717) is 38.2 Å². The lowest BCUT2D eigenvalue weighted by atomic mass is 9.70. The van der Waals surface area contributed by atoms with Gasteiger partial charge in [0.2, 0.25) is 5.91 Å². The highest BCUT2D eigenvalue weighted by molar-refractivity contribution is 5.87. The SMILES string of the molecule is CCOC1(c2cccnc2)C=CC(C2(C(=O)N[C@@H]3CCN(C)C3)CCN(c3ccc(C(F)(F)F)cc3C#N)CC2)=CN1. The summed E-state index contributed by atoms with van der Waals surface area (Å²) in [5, 5.41) is 16.3. The number of carbonyl (C=O) groups excluding carboxylic acids is 1. The molecule has 1 aromatic carbocycles. The Kier molecular flexibility index (Phi) is 8.30. The number of nitrogens with one attached hydrogen (secondary N) is 2. The van der Waals surface area contributed by atoms with Crippen LogP contribution in [0.25, 0.3) is 0 Å². The van der Waals surface area contributed by atoms with E-state index in [1.54, 1.807) is 12.4 Å². The summed E-state index contributed by atoms with van der Waals surface area (Å²) < 4.78 is 46.0. The highest BCUT2D eigenvalue weighted by Gasteiger charge is 2.47. The highest BCUT2D eigenvalue weighted by Crippen LogP contribution is 2.44. The van der Waals surface area contributed by atoms with Crippen LogP contribution in [-0.2, 0) is 21.4 Å². The Labute approximate surface area is 243 Å². The number of rotatable bonds is 7. The van der Waals surface area contributed by atoms with E-state index in [9.17, 15) is 23.2 Å². The third-order valence-electron chi connectivity index (χ3n) is 8.52. The van der Waals surface area contributed by atoms with Gasteiger partial charge in [0.15, 0.2) is 5.72 Å². The van der Waals surface area contributed by atoms with Gasteiger partial charge in [-0.15, -0.1) is 0 Å². The van der Waals surface area contributed by atoms with E-state index < -0.39 is 22.9 Å². The van der Waals surface area contributed by atoms with Crippen LogP contribution < -0.4 is 15.5 Å². The Morgan fingerprint density at radius 3 is 2.62 bits per heavy atom. The van der Waals surface area contributed by atoms with Gasteiger partial charge in [-0.1, -0.05) is 12.1 Å². The van der Waals surface area contributed by atoms with Crippen molar-refractivity contribution in [1.82, 2.24) is 20.5 Å². The number of nitriles is 1. The third kappa shape index (κ3) is 5.74. The molecule has 0 bridgehead atoms. The number of likely N-dealkylation sites (tertiary alicyclic amines) is 1. The average molecular weight is 581 g/mol. The number of likely N-dealkylation sites (N-methyl/N-ethyl adjacent to an activating group) is 1. The number of ether oxygens (including phenoxy) is 1. The molecule has 1 aromatic heterocycles.